The summed E-state index contributed by atoms with van der Waals surface area (Å²) in [5.74, 6) is -2.17. The summed E-state index contributed by atoms with van der Waals surface area (Å²) >= 11 is 0. The monoisotopic (exact) mass is 222 g/mol. The van der Waals surface area contributed by atoms with Gasteiger partial charge in [0, 0.05) is 11.9 Å². The van der Waals surface area contributed by atoms with E-state index in [4.69, 9.17) is 0 Å². The molecule has 0 rings (SSSR count). The summed E-state index contributed by atoms with van der Waals surface area (Å²) in [7, 11) is 0. The molecule has 0 aromatic carbocycles. The van der Waals surface area contributed by atoms with Crippen LogP contribution >= 0.6 is 0 Å². The number of carboxylic acid groups (broad SMARTS) is 2. The first-order chi connectivity index (χ1) is 5.13. The number of unbranched alkanes of at least 4 members (excludes halogenated alkanes) is 2. The van der Waals surface area contributed by atoms with Gasteiger partial charge in [0.1, 0.15) is 0 Å². The van der Waals surface area contributed by atoms with Gasteiger partial charge in [-0.25, -0.2) is 0 Å². The molecular weight excluding hydrogens is 213 g/mol. The van der Waals surface area contributed by atoms with E-state index in [1.807, 2.05) is 0 Å². The quantitative estimate of drug-likeness (QED) is 0.403. The van der Waals surface area contributed by atoms with Gasteiger partial charge in [-0.3, -0.25) is 0 Å². The Morgan fingerprint density at radius 2 is 1.17 bits per heavy atom. The SMILES string of the molecule is O=C([O-])CCCCCC(=O)[O-].[Zn+2]. The molecule has 0 saturated heterocycles. The molecular formula is C7H10O4Zn. The van der Waals surface area contributed by atoms with Crippen LogP contribution in [-0.2, 0) is 29.1 Å². The first kappa shape index (κ1) is 14.1. The number of rotatable bonds is 6. The Bertz CT molecular complexity index is 130. The van der Waals surface area contributed by atoms with Crippen molar-refractivity contribution in [2.45, 2.75) is 32.1 Å². The second-order valence-corrected chi connectivity index (χ2v) is 2.30. The Labute approximate surface area is 83.7 Å². The van der Waals surface area contributed by atoms with Gasteiger partial charge in [-0.2, -0.15) is 0 Å². The Morgan fingerprint density at radius 1 is 0.833 bits per heavy atom. The zero-order valence-corrected chi connectivity index (χ0v) is 9.84. The summed E-state index contributed by atoms with van der Waals surface area (Å²) in [5, 5.41) is 19.7. The average molecular weight is 224 g/mol. The van der Waals surface area contributed by atoms with Crippen molar-refractivity contribution in [2.24, 2.45) is 0 Å². The number of carbonyl (C=O) groups excluding carboxylic acids is 2. The third-order valence-electron chi connectivity index (χ3n) is 1.26. The summed E-state index contributed by atoms with van der Waals surface area (Å²) in [4.78, 5) is 19.7. The number of hydrogen-bond acceptors (Lipinski definition) is 4. The summed E-state index contributed by atoms with van der Waals surface area (Å²) < 4.78 is 0. The number of hydrogen-bond donors (Lipinski definition) is 0. The molecule has 0 aliphatic heterocycles. The molecule has 0 aromatic rings. The molecule has 0 amide bonds. The normalized spacial score (nSPS) is 8.67. The molecule has 0 atom stereocenters. The van der Waals surface area contributed by atoms with Gasteiger partial charge in [-0.05, 0) is 25.7 Å². The van der Waals surface area contributed by atoms with E-state index in [0.717, 1.165) is 0 Å². The Hall–Kier alpha value is -0.437. The molecule has 5 heteroatoms. The van der Waals surface area contributed by atoms with Crippen LogP contribution in [0.3, 0.4) is 0 Å². The number of aliphatic carboxylic acids is 2. The van der Waals surface area contributed by atoms with Crippen molar-refractivity contribution in [1.29, 1.82) is 0 Å². The van der Waals surface area contributed by atoms with Gasteiger partial charge in [0.15, 0.2) is 0 Å². The molecule has 0 unspecified atom stereocenters. The molecule has 12 heavy (non-hydrogen) atoms. The molecule has 0 aromatic heterocycles. The third kappa shape index (κ3) is 12.3. The zero-order valence-electron chi connectivity index (χ0n) is 6.88. The van der Waals surface area contributed by atoms with Crippen LogP contribution < -0.4 is 10.2 Å². The summed E-state index contributed by atoms with van der Waals surface area (Å²) in [6.45, 7) is 0. The molecule has 0 fully saturated rings. The second kappa shape index (κ2) is 8.66. The molecule has 4 nitrogen and oxygen atoms in total. The predicted molar refractivity (Wildman–Crippen MR) is 33.1 cm³/mol. The average Bonchev–Trinajstić information content (AvgIpc) is 1.85. The molecule has 0 aliphatic carbocycles. The molecule has 0 saturated carbocycles. The number of carboxylic acids is 2. The Morgan fingerprint density at radius 3 is 1.42 bits per heavy atom. The maximum absolute atomic E-state index is 9.86. The van der Waals surface area contributed by atoms with E-state index in [-0.39, 0.29) is 32.3 Å². The molecule has 0 heterocycles. The van der Waals surface area contributed by atoms with Gasteiger partial charge in [-0.15, -0.1) is 0 Å². The van der Waals surface area contributed by atoms with Crippen LogP contribution in [0.15, 0.2) is 0 Å². The topological polar surface area (TPSA) is 80.3 Å². The predicted octanol–water partition coefficient (Wildman–Crippen LogP) is -1.57. The van der Waals surface area contributed by atoms with Crippen LogP contribution in [0.2, 0.25) is 0 Å². The fourth-order valence-electron chi connectivity index (χ4n) is 0.715. The van der Waals surface area contributed by atoms with Gasteiger partial charge in [0.2, 0.25) is 0 Å². The fraction of sp³-hybridized carbons (Fsp3) is 0.714. The molecule has 0 aliphatic rings. The van der Waals surface area contributed by atoms with Crippen molar-refractivity contribution in [2.75, 3.05) is 0 Å². The maximum Gasteiger partial charge on any atom is 2.00 e. The van der Waals surface area contributed by atoms with Crippen LogP contribution in [-0.4, -0.2) is 11.9 Å². The number of carbonyl (C=O) groups is 2. The molecule has 0 spiro atoms. The van der Waals surface area contributed by atoms with Crippen LogP contribution in [0.5, 0.6) is 0 Å². The summed E-state index contributed by atoms with van der Waals surface area (Å²) in [6.07, 6.45) is 1.58. The van der Waals surface area contributed by atoms with Crippen molar-refractivity contribution in [3.05, 3.63) is 0 Å². The Balaban J connectivity index is 0. The van der Waals surface area contributed by atoms with Gasteiger partial charge < -0.3 is 19.8 Å². The second-order valence-electron chi connectivity index (χ2n) is 2.30. The van der Waals surface area contributed by atoms with E-state index in [1.165, 1.54) is 0 Å². The van der Waals surface area contributed by atoms with Crippen molar-refractivity contribution in [3.63, 3.8) is 0 Å². The molecule has 64 valence electrons. The van der Waals surface area contributed by atoms with Gasteiger partial charge >= 0.3 is 19.5 Å². The first-order valence-electron chi connectivity index (χ1n) is 3.52. The maximum atomic E-state index is 9.86. The molecule has 0 radical (unpaired) electrons. The smallest absolute Gasteiger partial charge is 0.550 e. The van der Waals surface area contributed by atoms with Crippen molar-refractivity contribution < 1.29 is 39.3 Å². The summed E-state index contributed by atoms with van der Waals surface area (Å²) in [6, 6.07) is 0. The van der Waals surface area contributed by atoms with E-state index >= 15 is 0 Å². The van der Waals surface area contributed by atoms with Gasteiger partial charge in [0.25, 0.3) is 0 Å². The Kier molecular flexibility index (Phi) is 10.2. The van der Waals surface area contributed by atoms with Crippen molar-refractivity contribution >= 4 is 11.9 Å². The van der Waals surface area contributed by atoms with Gasteiger partial charge in [-0.1, -0.05) is 6.42 Å². The van der Waals surface area contributed by atoms with E-state index in [0.29, 0.717) is 19.3 Å². The fourth-order valence-corrected chi connectivity index (χ4v) is 0.715. The van der Waals surface area contributed by atoms with E-state index in [9.17, 15) is 19.8 Å². The molecule has 0 N–H and O–H groups in total. The molecule has 0 bridgehead atoms. The first-order valence-corrected chi connectivity index (χ1v) is 3.52. The van der Waals surface area contributed by atoms with Crippen LogP contribution in [0, 0.1) is 0 Å². The third-order valence-corrected chi connectivity index (χ3v) is 1.26. The minimum atomic E-state index is -1.08. The van der Waals surface area contributed by atoms with Crippen LogP contribution in [0.1, 0.15) is 32.1 Å². The van der Waals surface area contributed by atoms with Crippen molar-refractivity contribution in [1.82, 2.24) is 0 Å². The minimum absolute atomic E-state index is 0. The summed E-state index contributed by atoms with van der Waals surface area (Å²) in [5.41, 5.74) is 0. The van der Waals surface area contributed by atoms with Crippen molar-refractivity contribution in [3.8, 4) is 0 Å². The van der Waals surface area contributed by atoms with E-state index < -0.39 is 11.9 Å². The zero-order chi connectivity index (χ0) is 8.69. The van der Waals surface area contributed by atoms with Gasteiger partial charge in [0.05, 0.1) is 0 Å². The standard InChI is InChI=1S/C7H12O4.Zn/c8-6(9)4-2-1-3-5-7(10)11;/h1-5H2,(H,8,9)(H,10,11);/q;+2/p-2. The van der Waals surface area contributed by atoms with Crippen LogP contribution in [0.4, 0.5) is 0 Å². The minimum Gasteiger partial charge on any atom is -0.550 e. The van der Waals surface area contributed by atoms with Crippen LogP contribution in [0.25, 0.3) is 0 Å². The van der Waals surface area contributed by atoms with E-state index in [1.54, 1.807) is 0 Å². The van der Waals surface area contributed by atoms with E-state index in [2.05, 4.69) is 0 Å². The largest absolute Gasteiger partial charge is 2.00 e.